The highest BCUT2D eigenvalue weighted by atomic mass is 19.1. The number of rotatable bonds is 9. The van der Waals surface area contributed by atoms with Gasteiger partial charge in [-0.2, -0.15) is 5.10 Å². The summed E-state index contributed by atoms with van der Waals surface area (Å²) in [6, 6.07) is 6.41. The van der Waals surface area contributed by atoms with Gasteiger partial charge in [0.2, 0.25) is 0 Å². The molecule has 6 heteroatoms. The van der Waals surface area contributed by atoms with E-state index in [0.717, 1.165) is 62.6 Å². The van der Waals surface area contributed by atoms with Crippen LogP contribution in [0.3, 0.4) is 0 Å². The molecule has 26 heavy (non-hydrogen) atoms. The highest BCUT2D eigenvalue weighted by Crippen LogP contribution is 2.18. The maximum atomic E-state index is 13.1. The molecular weight excluding hydrogens is 333 g/mol. The molecule has 0 radical (unpaired) electrons. The van der Waals surface area contributed by atoms with Gasteiger partial charge in [-0.15, -0.1) is 0 Å². The topological polar surface area (TPSA) is 48.3 Å². The van der Waals surface area contributed by atoms with Gasteiger partial charge in [-0.1, -0.05) is 0 Å². The fraction of sp³-hybridized carbons (Fsp3) is 0.550. The number of hydrogen-bond donors (Lipinski definition) is 1. The maximum absolute atomic E-state index is 13.1. The van der Waals surface area contributed by atoms with Gasteiger partial charge in [0.05, 0.1) is 24.1 Å². The molecule has 1 saturated heterocycles. The minimum Gasteiger partial charge on any atom is -0.379 e. The van der Waals surface area contributed by atoms with Crippen molar-refractivity contribution in [2.24, 2.45) is 0 Å². The van der Waals surface area contributed by atoms with Crippen LogP contribution in [0.5, 0.6) is 0 Å². The number of halogens is 1. The molecule has 142 valence electrons. The van der Waals surface area contributed by atoms with E-state index in [1.165, 1.54) is 17.7 Å². The van der Waals surface area contributed by atoms with Gasteiger partial charge < -0.3 is 14.8 Å². The van der Waals surface area contributed by atoms with Crippen molar-refractivity contribution in [1.29, 1.82) is 0 Å². The lowest BCUT2D eigenvalue weighted by molar-refractivity contribution is 0.0166. The predicted octanol–water partition coefficient (Wildman–Crippen LogP) is 3.30. The third-order valence-electron chi connectivity index (χ3n) is 4.78. The van der Waals surface area contributed by atoms with Crippen LogP contribution in [-0.4, -0.2) is 42.2 Å². The number of nitrogens with zero attached hydrogens (tertiary/aromatic N) is 2. The molecule has 1 N–H and O–H groups in total. The van der Waals surface area contributed by atoms with Gasteiger partial charge in [0.15, 0.2) is 0 Å². The van der Waals surface area contributed by atoms with Gasteiger partial charge in [-0.3, -0.25) is 0 Å². The fourth-order valence-electron chi connectivity index (χ4n) is 3.27. The van der Waals surface area contributed by atoms with Crippen molar-refractivity contribution in [3.8, 4) is 5.69 Å². The largest absolute Gasteiger partial charge is 0.379 e. The van der Waals surface area contributed by atoms with Gasteiger partial charge in [0.25, 0.3) is 0 Å². The van der Waals surface area contributed by atoms with E-state index < -0.39 is 0 Å². The number of ether oxygens (including phenoxy) is 2. The minimum atomic E-state index is -0.237. The lowest BCUT2D eigenvalue weighted by Gasteiger charge is -2.10. The summed E-state index contributed by atoms with van der Waals surface area (Å²) in [6.07, 6.45) is 3.54. The van der Waals surface area contributed by atoms with E-state index in [4.69, 9.17) is 9.47 Å². The van der Waals surface area contributed by atoms with E-state index in [2.05, 4.69) is 10.4 Å². The molecule has 2 heterocycles. The Morgan fingerprint density at radius 2 is 2.12 bits per heavy atom. The molecule has 1 aliphatic heterocycles. The number of nitrogens with one attached hydrogen (secondary N) is 1. The number of benzene rings is 1. The first-order valence-electron chi connectivity index (χ1n) is 9.36. The lowest BCUT2D eigenvalue weighted by Crippen LogP contribution is -2.19. The Balaban J connectivity index is 1.42. The van der Waals surface area contributed by atoms with Crippen molar-refractivity contribution in [1.82, 2.24) is 15.1 Å². The van der Waals surface area contributed by atoms with Crippen molar-refractivity contribution < 1.29 is 13.9 Å². The Kier molecular flexibility index (Phi) is 6.77. The van der Waals surface area contributed by atoms with Crippen LogP contribution in [-0.2, 0) is 16.0 Å². The smallest absolute Gasteiger partial charge is 0.123 e. The highest BCUT2D eigenvalue weighted by molar-refractivity contribution is 5.37. The zero-order chi connectivity index (χ0) is 18.4. The molecule has 0 amide bonds. The third kappa shape index (κ3) is 4.90. The van der Waals surface area contributed by atoms with Crippen LogP contribution < -0.4 is 5.32 Å². The van der Waals surface area contributed by atoms with Crippen molar-refractivity contribution in [2.75, 3.05) is 26.4 Å². The molecule has 3 rings (SSSR count). The Bertz CT molecular complexity index is 694. The summed E-state index contributed by atoms with van der Waals surface area (Å²) in [5.74, 6) is -0.237. The molecule has 0 aliphatic carbocycles. The average Bonchev–Trinajstić information content (AvgIpc) is 3.24. The highest BCUT2D eigenvalue weighted by Gasteiger charge is 2.15. The Hall–Kier alpha value is -1.76. The van der Waals surface area contributed by atoms with E-state index in [0.29, 0.717) is 12.7 Å². The van der Waals surface area contributed by atoms with Crippen LogP contribution in [0.2, 0.25) is 0 Å². The summed E-state index contributed by atoms with van der Waals surface area (Å²) in [7, 11) is 0. The number of hydrogen-bond acceptors (Lipinski definition) is 4. The number of aryl methyl sites for hydroxylation is 1. The second-order valence-electron chi connectivity index (χ2n) is 6.78. The summed E-state index contributed by atoms with van der Waals surface area (Å²) in [4.78, 5) is 0. The van der Waals surface area contributed by atoms with Crippen LogP contribution in [0.1, 0.15) is 36.2 Å². The van der Waals surface area contributed by atoms with Crippen molar-refractivity contribution in [2.45, 2.75) is 45.8 Å². The van der Waals surface area contributed by atoms with Crippen LogP contribution in [0, 0.1) is 19.7 Å². The molecule has 1 fully saturated rings. The molecule has 5 nitrogen and oxygen atoms in total. The van der Waals surface area contributed by atoms with Crippen molar-refractivity contribution in [3.05, 3.63) is 47.0 Å². The molecule has 1 aliphatic rings. The van der Waals surface area contributed by atoms with Crippen molar-refractivity contribution in [3.63, 3.8) is 0 Å². The standard InChI is InChI=1S/C20H28FN3O2/c1-15-20(13-22-10-4-11-25-14-19-5-3-12-26-19)16(2)24(23-15)18-8-6-17(21)7-9-18/h6-9,19,22H,3-5,10-14H2,1-2H3. The number of aromatic nitrogens is 2. The zero-order valence-electron chi connectivity index (χ0n) is 15.6. The summed E-state index contributed by atoms with van der Waals surface area (Å²) in [5, 5.41) is 8.06. The fourth-order valence-corrected chi connectivity index (χ4v) is 3.27. The van der Waals surface area contributed by atoms with Gasteiger partial charge in [-0.05, 0) is 63.9 Å². The van der Waals surface area contributed by atoms with Gasteiger partial charge in [0, 0.05) is 31.0 Å². The van der Waals surface area contributed by atoms with Crippen LogP contribution in [0.25, 0.3) is 5.69 Å². The molecular formula is C20H28FN3O2. The normalized spacial score (nSPS) is 17.1. The van der Waals surface area contributed by atoms with E-state index in [1.807, 2.05) is 18.5 Å². The molecule has 1 atom stereocenters. The van der Waals surface area contributed by atoms with E-state index in [-0.39, 0.29) is 5.82 Å². The van der Waals surface area contributed by atoms with Crippen LogP contribution in [0.4, 0.5) is 4.39 Å². The maximum Gasteiger partial charge on any atom is 0.123 e. The monoisotopic (exact) mass is 361 g/mol. The predicted molar refractivity (Wildman–Crippen MR) is 99.1 cm³/mol. The molecule has 1 aromatic heterocycles. The second-order valence-corrected chi connectivity index (χ2v) is 6.78. The molecule has 0 bridgehead atoms. The third-order valence-corrected chi connectivity index (χ3v) is 4.78. The first kappa shape index (κ1) is 19.0. The summed E-state index contributed by atoms with van der Waals surface area (Å²) in [6.45, 7) is 8.05. The Morgan fingerprint density at radius 3 is 2.85 bits per heavy atom. The summed E-state index contributed by atoms with van der Waals surface area (Å²) >= 11 is 0. The molecule has 1 unspecified atom stereocenters. The van der Waals surface area contributed by atoms with E-state index >= 15 is 0 Å². The van der Waals surface area contributed by atoms with Crippen LogP contribution in [0.15, 0.2) is 24.3 Å². The van der Waals surface area contributed by atoms with Gasteiger partial charge >= 0.3 is 0 Å². The molecule has 2 aromatic rings. The Morgan fingerprint density at radius 1 is 1.31 bits per heavy atom. The lowest BCUT2D eigenvalue weighted by atomic mass is 10.2. The summed E-state index contributed by atoms with van der Waals surface area (Å²) < 4.78 is 26.2. The first-order chi connectivity index (χ1) is 12.6. The van der Waals surface area contributed by atoms with Crippen molar-refractivity contribution >= 4 is 0 Å². The van der Waals surface area contributed by atoms with E-state index in [9.17, 15) is 4.39 Å². The van der Waals surface area contributed by atoms with Crippen LogP contribution >= 0.6 is 0 Å². The molecule has 1 aromatic carbocycles. The summed E-state index contributed by atoms with van der Waals surface area (Å²) in [5.41, 5.74) is 4.14. The second kappa shape index (κ2) is 9.26. The van der Waals surface area contributed by atoms with Gasteiger partial charge in [-0.25, -0.2) is 9.07 Å². The first-order valence-corrected chi connectivity index (χ1v) is 9.36. The SMILES string of the molecule is Cc1nn(-c2ccc(F)cc2)c(C)c1CNCCCOCC1CCCO1. The average molecular weight is 361 g/mol. The van der Waals surface area contributed by atoms with Gasteiger partial charge in [0.1, 0.15) is 5.82 Å². The minimum absolute atomic E-state index is 0.237. The molecule has 0 spiro atoms. The zero-order valence-corrected chi connectivity index (χ0v) is 15.6. The Labute approximate surface area is 154 Å². The molecule has 0 saturated carbocycles. The quantitative estimate of drug-likeness (QED) is 0.696. The van der Waals surface area contributed by atoms with E-state index in [1.54, 1.807) is 12.1 Å².